The number of halogens is 3. The first-order valence-corrected chi connectivity index (χ1v) is 6.09. The lowest BCUT2D eigenvalue weighted by molar-refractivity contribution is -0.137. The molecule has 1 amide bonds. The Labute approximate surface area is 111 Å². The number of anilines is 1. The molecule has 2 aromatic rings. The second-order valence-electron chi connectivity index (χ2n) is 3.77. The molecule has 0 saturated carbocycles. The molecule has 1 aromatic carbocycles. The van der Waals surface area contributed by atoms with Crippen LogP contribution in [-0.2, 0) is 6.18 Å². The Bertz CT molecular complexity index is 590. The van der Waals surface area contributed by atoms with E-state index in [0.717, 1.165) is 17.1 Å². The number of amides is 1. The van der Waals surface area contributed by atoms with Crippen molar-refractivity contribution < 1.29 is 18.0 Å². The van der Waals surface area contributed by atoms with E-state index in [1.807, 2.05) is 0 Å². The molecule has 1 N–H and O–H groups in total. The summed E-state index contributed by atoms with van der Waals surface area (Å²) in [6, 6.07) is 4.28. The Morgan fingerprint density at radius 3 is 2.37 bits per heavy atom. The third kappa shape index (κ3) is 3.31. The SMILES string of the molecule is Cc1ncc(C(=O)Nc2ccc(C(F)(F)F)cc2)s1. The van der Waals surface area contributed by atoms with E-state index >= 15 is 0 Å². The lowest BCUT2D eigenvalue weighted by atomic mass is 10.2. The first kappa shape index (κ1) is 13.5. The normalized spacial score (nSPS) is 11.4. The Kier molecular flexibility index (Phi) is 3.57. The molecule has 0 aliphatic rings. The molecular formula is C12H9F3N2OS. The van der Waals surface area contributed by atoms with Crippen LogP contribution in [0.4, 0.5) is 18.9 Å². The molecule has 100 valence electrons. The van der Waals surface area contributed by atoms with Crippen LogP contribution >= 0.6 is 11.3 Å². The summed E-state index contributed by atoms with van der Waals surface area (Å²) in [6.07, 6.45) is -2.95. The Morgan fingerprint density at radius 2 is 1.89 bits per heavy atom. The van der Waals surface area contributed by atoms with Gasteiger partial charge in [0.1, 0.15) is 4.88 Å². The third-order valence-electron chi connectivity index (χ3n) is 2.32. The molecule has 0 spiro atoms. The molecule has 0 aliphatic carbocycles. The number of hydrogen-bond donors (Lipinski definition) is 1. The van der Waals surface area contributed by atoms with Gasteiger partial charge >= 0.3 is 6.18 Å². The summed E-state index contributed by atoms with van der Waals surface area (Å²) in [5, 5.41) is 3.26. The molecule has 2 rings (SSSR count). The van der Waals surface area contributed by atoms with Crippen LogP contribution in [0.15, 0.2) is 30.5 Å². The van der Waals surface area contributed by atoms with Gasteiger partial charge in [0.2, 0.25) is 0 Å². The monoisotopic (exact) mass is 286 g/mol. The highest BCUT2D eigenvalue weighted by Crippen LogP contribution is 2.29. The lowest BCUT2D eigenvalue weighted by Crippen LogP contribution is -2.11. The van der Waals surface area contributed by atoms with E-state index in [4.69, 9.17) is 0 Å². The van der Waals surface area contributed by atoms with Crippen LogP contribution in [0.5, 0.6) is 0 Å². The van der Waals surface area contributed by atoms with E-state index in [0.29, 0.717) is 10.6 Å². The number of aryl methyl sites for hydroxylation is 1. The Balaban J connectivity index is 2.10. The third-order valence-corrected chi connectivity index (χ3v) is 3.23. The number of nitrogens with one attached hydrogen (secondary N) is 1. The summed E-state index contributed by atoms with van der Waals surface area (Å²) in [7, 11) is 0. The van der Waals surface area contributed by atoms with Gasteiger partial charge in [0.05, 0.1) is 16.8 Å². The minimum Gasteiger partial charge on any atom is -0.321 e. The van der Waals surface area contributed by atoms with Gasteiger partial charge in [0, 0.05) is 5.69 Å². The van der Waals surface area contributed by atoms with Gasteiger partial charge in [-0.15, -0.1) is 11.3 Å². The van der Waals surface area contributed by atoms with E-state index < -0.39 is 11.7 Å². The molecule has 0 fully saturated rings. The lowest BCUT2D eigenvalue weighted by Gasteiger charge is -2.08. The van der Waals surface area contributed by atoms with Crippen LogP contribution in [0, 0.1) is 6.92 Å². The van der Waals surface area contributed by atoms with Crippen molar-refractivity contribution in [1.29, 1.82) is 0 Å². The maximum atomic E-state index is 12.4. The van der Waals surface area contributed by atoms with Gasteiger partial charge < -0.3 is 5.32 Å². The van der Waals surface area contributed by atoms with E-state index in [-0.39, 0.29) is 5.91 Å². The van der Waals surface area contributed by atoms with Gasteiger partial charge in [0.25, 0.3) is 5.91 Å². The van der Waals surface area contributed by atoms with Crippen molar-refractivity contribution in [3.63, 3.8) is 0 Å². The van der Waals surface area contributed by atoms with Gasteiger partial charge in [-0.05, 0) is 31.2 Å². The van der Waals surface area contributed by atoms with Crippen LogP contribution in [0.1, 0.15) is 20.2 Å². The standard InChI is InChI=1S/C12H9F3N2OS/c1-7-16-6-10(19-7)11(18)17-9-4-2-8(3-5-9)12(13,14)15/h2-6H,1H3,(H,17,18). The predicted molar refractivity (Wildman–Crippen MR) is 66.2 cm³/mol. The summed E-state index contributed by atoms with van der Waals surface area (Å²) in [6.45, 7) is 1.76. The summed E-state index contributed by atoms with van der Waals surface area (Å²) in [5.41, 5.74) is -0.441. The highest BCUT2D eigenvalue weighted by Gasteiger charge is 2.29. The van der Waals surface area contributed by atoms with E-state index in [1.165, 1.54) is 29.7 Å². The van der Waals surface area contributed by atoms with E-state index in [1.54, 1.807) is 6.92 Å². The minimum atomic E-state index is -4.38. The van der Waals surface area contributed by atoms with Crippen molar-refractivity contribution in [2.45, 2.75) is 13.1 Å². The number of rotatable bonds is 2. The topological polar surface area (TPSA) is 42.0 Å². The molecular weight excluding hydrogens is 277 g/mol. The van der Waals surface area contributed by atoms with Crippen molar-refractivity contribution in [3.8, 4) is 0 Å². The summed E-state index contributed by atoms with van der Waals surface area (Å²) in [5.74, 6) is -0.384. The van der Waals surface area contributed by atoms with E-state index in [2.05, 4.69) is 10.3 Å². The number of alkyl halides is 3. The fourth-order valence-corrected chi connectivity index (χ4v) is 2.07. The van der Waals surface area contributed by atoms with Gasteiger partial charge in [-0.1, -0.05) is 0 Å². The zero-order valence-electron chi connectivity index (χ0n) is 9.78. The average molecular weight is 286 g/mol. The molecule has 0 atom stereocenters. The van der Waals surface area contributed by atoms with Crippen molar-refractivity contribution >= 4 is 22.9 Å². The average Bonchev–Trinajstić information content (AvgIpc) is 2.75. The zero-order valence-corrected chi connectivity index (χ0v) is 10.6. The van der Waals surface area contributed by atoms with Crippen molar-refractivity contribution in [3.05, 3.63) is 45.9 Å². The Morgan fingerprint density at radius 1 is 1.26 bits per heavy atom. The first-order valence-electron chi connectivity index (χ1n) is 5.27. The maximum absolute atomic E-state index is 12.4. The Hall–Kier alpha value is -1.89. The van der Waals surface area contributed by atoms with E-state index in [9.17, 15) is 18.0 Å². The van der Waals surface area contributed by atoms with Gasteiger partial charge in [-0.2, -0.15) is 13.2 Å². The molecule has 1 aromatic heterocycles. The number of aromatic nitrogens is 1. The molecule has 0 radical (unpaired) electrons. The highest BCUT2D eigenvalue weighted by molar-refractivity contribution is 7.13. The molecule has 0 bridgehead atoms. The highest BCUT2D eigenvalue weighted by atomic mass is 32.1. The predicted octanol–water partition coefficient (Wildman–Crippen LogP) is 3.72. The zero-order chi connectivity index (χ0) is 14.0. The summed E-state index contributed by atoms with van der Waals surface area (Å²) in [4.78, 5) is 16.1. The second kappa shape index (κ2) is 5.00. The minimum absolute atomic E-state index is 0.309. The fraction of sp³-hybridized carbons (Fsp3) is 0.167. The number of thiazole rings is 1. The van der Waals surface area contributed by atoms with Gasteiger partial charge in [-0.25, -0.2) is 4.98 Å². The molecule has 3 nitrogen and oxygen atoms in total. The van der Waals surface area contributed by atoms with Crippen LogP contribution < -0.4 is 5.32 Å². The fourth-order valence-electron chi connectivity index (χ4n) is 1.40. The van der Waals surface area contributed by atoms with Crippen LogP contribution in [0.3, 0.4) is 0 Å². The van der Waals surface area contributed by atoms with Crippen molar-refractivity contribution in [2.24, 2.45) is 0 Å². The number of benzene rings is 1. The van der Waals surface area contributed by atoms with Crippen LogP contribution in [0.2, 0.25) is 0 Å². The largest absolute Gasteiger partial charge is 0.416 e. The number of hydrogen-bond acceptors (Lipinski definition) is 3. The molecule has 0 aliphatic heterocycles. The summed E-state index contributed by atoms with van der Waals surface area (Å²) < 4.78 is 37.1. The van der Waals surface area contributed by atoms with Crippen LogP contribution in [-0.4, -0.2) is 10.9 Å². The molecule has 7 heteroatoms. The van der Waals surface area contributed by atoms with Crippen LogP contribution in [0.25, 0.3) is 0 Å². The summed E-state index contributed by atoms with van der Waals surface area (Å²) >= 11 is 1.22. The molecule has 0 saturated heterocycles. The van der Waals surface area contributed by atoms with Gasteiger partial charge in [0.15, 0.2) is 0 Å². The number of carbonyl (C=O) groups excluding carboxylic acids is 1. The molecule has 19 heavy (non-hydrogen) atoms. The number of nitrogens with zero attached hydrogens (tertiary/aromatic N) is 1. The quantitative estimate of drug-likeness (QED) is 0.914. The molecule has 1 heterocycles. The smallest absolute Gasteiger partial charge is 0.321 e. The number of carbonyl (C=O) groups is 1. The second-order valence-corrected chi connectivity index (χ2v) is 5.01. The maximum Gasteiger partial charge on any atom is 0.416 e. The van der Waals surface area contributed by atoms with Crippen molar-refractivity contribution in [2.75, 3.05) is 5.32 Å². The van der Waals surface area contributed by atoms with Crippen molar-refractivity contribution in [1.82, 2.24) is 4.98 Å². The van der Waals surface area contributed by atoms with Gasteiger partial charge in [-0.3, -0.25) is 4.79 Å². The first-order chi connectivity index (χ1) is 8.86. The molecule has 0 unspecified atom stereocenters.